The second-order valence-electron chi connectivity index (χ2n) is 11.0. The summed E-state index contributed by atoms with van der Waals surface area (Å²) >= 11 is 0. The quantitative estimate of drug-likeness (QED) is 0.337. The number of allylic oxidation sites excluding steroid dienone is 8. The topological polar surface area (TPSA) is 9.23 Å². The van der Waals surface area contributed by atoms with Crippen molar-refractivity contribution in [2.45, 2.75) is 65.1 Å². The molecule has 4 rings (SSSR count). The molecule has 0 aliphatic heterocycles. The third kappa shape index (κ3) is 6.60. The van der Waals surface area contributed by atoms with Crippen LogP contribution < -0.4 is 24.8 Å². The third-order valence-corrected chi connectivity index (χ3v) is 9.30. The maximum atomic E-state index is 6.25. The van der Waals surface area contributed by atoms with Crippen molar-refractivity contribution in [3.05, 3.63) is 48.6 Å². The van der Waals surface area contributed by atoms with Gasteiger partial charge in [-0.1, -0.05) is 55.5 Å². The zero-order valence-corrected chi connectivity index (χ0v) is 24.7. The molecule has 0 heterocycles. The molecule has 2 saturated carbocycles. The second kappa shape index (κ2) is 12.3. The summed E-state index contributed by atoms with van der Waals surface area (Å²) in [5.74, 6) is 4.74. The van der Waals surface area contributed by atoms with E-state index in [2.05, 4.69) is 75.2 Å². The van der Waals surface area contributed by atoms with Gasteiger partial charge in [0.2, 0.25) is 0 Å². The monoisotopic (exact) mass is 556 g/mol. The number of fused-ring (bicyclic) bond motifs is 2. The second-order valence-corrected chi connectivity index (χ2v) is 15.5. The van der Waals surface area contributed by atoms with Gasteiger partial charge in [0.05, 0.1) is 0 Å². The maximum absolute atomic E-state index is 6.25. The van der Waals surface area contributed by atoms with E-state index in [0.717, 1.165) is 42.1 Å². The average molecular weight is 559 g/mol. The first-order valence-electron chi connectivity index (χ1n) is 11.7. The van der Waals surface area contributed by atoms with Crippen molar-refractivity contribution >= 4 is 8.32 Å². The van der Waals surface area contributed by atoms with E-state index in [-0.39, 0.29) is 51.0 Å². The van der Waals surface area contributed by atoms with E-state index in [1.165, 1.54) is 38.5 Å². The first-order chi connectivity index (χ1) is 13.4. The van der Waals surface area contributed by atoms with Crippen molar-refractivity contribution in [1.82, 2.24) is 0 Å². The molecular weight excluding hydrogens is 519 g/mol. The molecule has 6 unspecified atom stereocenters. The van der Waals surface area contributed by atoms with Gasteiger partial charge in [-0.25, -0.2) is 0 Å². The van der Waals surface area contributed by atoms with Crippen molar-refractivity contribution < 1.29 is 55.4 Å². The molecule has 4 aliphatic rings. The first kappa shape index (κ1) is 29.6. The van der Waals surface area contributed by atoms with E-state index < -0.39 is 8.32 Å². The Morgan fingerprint density at radius 3 is 1.68 bits per heavy atom. The Bertz CT molecular complexity index is 637. The molecule has 0 N–H and O–H groups in total. The maximum Gasteiger partial charge on any atom is 2.00 e. The van der Waals surface area contributed by atoms with Crippen LogP contribution in [0.25, 0.3) is 0 Å². The van der Waals surface area contributed by atoms with E-state index >= 15 is 0 Å². The Hall–Kier alpha value is 0.600. The Kier molecular flexibility index (Phi) is 11.8. The molecule has 0 aromatic heterocycles. The normalized spacial score (nSPS) is 34.7. The number of rotatable bonds is 7. The number of hydrogen-bond donors (Lipinski definition) is 0. The van der Waals surface area contributed by atoms with Crippen LogP contribution in [0.3, 0.4) is 0 Å². The molecule has 31 heavy (non-hydrogen) atoms. The molecule has 6 atom stereocenters. The minimum absolute atomic E-state index is 0. The van der Waals surface area contributed by atoms with Crippen LogP contribution in [0, 0.1) is 40.9 Å². The number of hydrogen-bond acceptors (Lipinski definition) is 1. The molecule has 0 aromatic carbocycles. The smallest absolute Gasteiger partial charge is 1.00 e. The molecule has 0 radical (unpaired) electrons. The molecule has 0 bridgehead atoms. The van der Waals surface area contributed by atoms with Crippen molar-refractivity contribution in [3.8, 4) is 0 Å². The van der Waals surface area contributed by atoms with Gasteiger partial charge in [-0.05, 0) is 99.1 Å². The van der Waals surface area contributed by atoms with Crippen LogP contribution in [0.15, 0.2) is 48.6 Å². The SMILES string of the molecule is CC(CCCO[Si](C)(C)C)(C1CCC2C=CC=CC21)C1CCC2C=CC=CC21.[Cl-].[Cl-].[Zr+2]. The standard InChI is InChI=1S/C26H40OSi.2ClH.Zr/c1-26(18-9-19-27-28(2,3)4,24-16-14-20-10-5-7-12-22(20)24)25-17-15-21-11-6-8-13-23(21)25;;;/h5-8,10-13,20-25H,9,14-19H2,1-4H3;2*1H;/q;;;+2/p-2. The van der Waals surface area contributed by atoms with Gasteiger partial charge >= 0.3 is 26.2 Å². The Morgan fingerprint density at radius 2 is 1.23 bits per heavy atom. The minimum Gasteiger partial charge on any atom is -1.00 e. The largest absolute Gasteiger partial charge is 2.00 e. The van der Waals surface area contributed by atoms with Crippen LogP contribution in [0.2, 0.25) is 19.6 Å². The summed E-state index contributed by atoms with van der Waals surface area (Å²) in [4.78, 5) is 0. The molecule has 0 amide bonds. The van der Waals surface area contributed by atoms with Gasteiger partial charge in [0, 0.05) is 6.61 Å². The van der Waals surface area contributed by atoms with Crippen LogP contribution in [0.1, 0.15) is 45.4 Å². The summed E-state index contributed by atoms with van der Waals surface area (Å²) in [5.41, 5.74) is 0.423. The van der Waals surface area contributed by atoms with Crippen LogP contribution in [0.4, 0.5) is 0 Å². The van der Waals surface area contributed by atoms with Crippen molar-refractivity contribution in [1.29, 1.82) is 0 Å². The fraction of sp³-hybridized carbons (Fsp3) is 0.692. The first-order valence-corrected chi connectivity index (χ1v) is 15.1. The van der Waals surface area contributed by atoms with Gasteiger partial charge < -0.3 is 29.2 Å². The van der Waals surface area contributed by atoms with Crippen molar-refractivity contribution in [2.75, 3.05) is 6.61 Å². The van der Waals surface area contributed by atoms with E-state index in [4.69, 9.17) is 4.43 Å². The molecule has 0 aromatic rings. The summed E-state index contributed by atoms with van der Waals surface area (Å²) < 4.78 is 6.25. The summed E-state index contributed by atoms with van der Waals surface area (Å²) in [5, 5.41) is 0. The van der Waals surface area contributed by atoms with Gasteiger partial charge in [-0.15, -0.1) is 0 Å². The van der Waals surface area contributed by atoms with Crippen LogP contribution in [-0.4, -0.2) is 14.9 Å². The average Bonchev–Trinajstić information content (AvgIpc) is 3.29. The minimum atomic E-state index is -1.41. The third-order valence-electron chi connectivity index (χ3n) is 8.23. The Morgan fingerprint density at radius 1 is 0.774 bits per heavy atom. The van der Waals surface area contributed by atoms with Gasteiger partial charge in [0.25, 0.3) is 0 Å². The van der Waals surface area contributed by atoms with Gasteiger partial charge in [-0.2, -0.15) is 0 Å². The van der Waals surface area contributed by atoms with Gasteiger partial charge in [0.15, 0.2) is 8.32 Å². The van der Waals surface area contributed by atoms with Crippen molar-refractivity contribution in [3.63, 3.8) is 0 Å². The molecule has 1 nitrogen and oxygen atoms in total. The van der Waals surface area contributed by atoms with E-state index in [9.17, 15) is 0 Å². The zero-order valence-electron chi connectivity index (χ0n) is 19.7. The van der Waals surface area contributed by atoms with Crippen molar-refractivity contribution in [2.24, 2.45) is 40.9 Å². The predicted octanol–water partition coefficient (Wildman–Crippen LogP) is 1.17. The molecule has 0 saturated heterocycles. The molecule has 2 fully saturated rings. The Labute approximate surface area is 223 Å². The van der Waals surface area contributed by atoms with Gasteiger partial charge in [-0.3, -0.25) is 0 Å². The fourth-order valence-corrected chi connectivity index (χ4v) is 7.68. The van der Waals surface area contributed by atoms with E-state index in [1.807, 2.05) is 0 Å². The predicted molar refractivity (Wildman–Crippen MR) is 123 cm³/mol. The van der Waals surface area contributed by atoms with Crippen LogP contribution in [-0.2, 0) is 30.6 Å². The molecule has 0 spiro atoms. The van der Waals surface area contributed by atoms with Gasteiger partial charge in [0.1, 0.15) is 0 Å². The zero-order chi connectivity index (χ0) is 19.8. The van der Waals surface area contributed by atoms with E-state index in [0.29, 0.717) is 5.41 Å². The summed E-state index contributed by atoms with van der Waals surface area (Å²) in [6, 6.07) is 0. The Balaban J connectivity index is 0.00000160. The van der Waals surface area contributed by atoms with E-state index in [1.54, 1.807) is 0 Å². The molecule has 172 valence electrons. The van der Waals surface area contributed by atoms with Crippen LogP contribution >= 0.6 is 0 Å². The summed E-state index contributed by atoms with van der Waals surface area (Å²) in [7, 11) is -1.41. The van der Waals surface area contributed by atoms with Crippen LogP contribution in [0.5, 0.6) is 0 Å². The summed E-state index contributed by atoms with van der Waals surface area (Å²) in [6.07, 6.45) is 27.4. The molecule has 4 aliphatic carbocycles. The summed E-state index contributed by atoms with van der Waals surface area (Å²) in [6.45, 7) is 10.6. The fourth-order valence-electron chi connectivity index (χ4n) is 6.93. The molecule has 5 heteroatoms. The molecular formula is C26H40Cl2OSiZr. The number of halogens is 2.